The normalized spacial score (nSPS) is 30.1. The van der Waals surface area contributed by atoms with Gasteiger partial charge in [-0.25, -0.2) is 9.79 Å². The summed E-state index contributed by atoms with van der Waals surface area (Å²) in [6.07, 6.45) is 6.08. The highest BCUT2D eigenvalue weighted by atomic mass is 16.6. The number of hydrogen-bond donors (Lipinski definition) is 0. The summed E-state index contributed by atoms with van der Waals surface area (Å²) in [6, 6.07) is -0.267. The standard InChI is InChI=1S/C10H15NO2/c1-7-10(12)13-9(11-7)8-5-3-2-4-6-8/h7-8H,2-6H2,1H3. The molecule has 1 saturated carbocycles. The van der Waals surface area contributed by atoms with Gasteiger partial charge in [0.2, 0.25) is 0 Å². The van der Waals surface area contributed by atoms with Gasteiger partial charge >= 0.3 is 5.97 Å². The van der Waals surface area contributed by atoms with Crippen LogP contribution in [0.15, 0.2) is 4.99 Å². The first-order valence-corrected chi connectivity index (χ1v) is 5.07. The van der Waals surface area contributed by atoms with Crippen LogP contribution in [0.2, 0.25) is 0 Å². The van der Waals surface area contributed by atoms with Gasteiger partial charge < -0.3 is 4.74 Å². The summed E-state index contributed by atoms with van der Waals surface area (Å²) in [7, 11) is 0. The van der Waals surface area contributed by atoms with E-state index in [4.69, 9.17) is 4.74 Å². The van der Waals surface area contributed by atoms with E-state index >= 15 is 0 Å². The zero-order chi connectivity index (χ0) is 9.26. The van der Waals surface area contributed by atoms with Gasteiger partial charge in [0.1, 0.15) is 6.04 Å². The molecule has 0 bridgehead atoms. The van der Waals surface area contributed by atoms with Crippen LogP contribution in [-0.2, 0) is 9.53 Å². The van der Waals surface area contributed by atoms with Crippen LogP contribution in [0.25, 0.3) is 0 Å². The summed E-state index contributed by atoms with van der Waals surface area (Å²) in [4.78, 5) is 15.3. The molecule has 0 aromatic carbocycles. The predicted octanol–water partition coefficient (Wildman–Crippen LogP) is 1.91. The third-order valence-corrected chi connectivity index (χ3v) is 2.82. The summed E-state index contributed by atoms with van der Waals surface area (Å²) >= 11 is 0. The molecule has 0 aromatic heterocycles. The number of cyclic esters (lactones) is 1. The second-order valence-electron chi connectivity index (χ2n) is 3.90. The molecule has 1 fully saturated rings. The minimum atomic E-state index is -0.267. The fraction of sp³-hybridized carbons (Fsp3) is 0.800. The maximum Gasteiger partial charge on any atom is 0.337 e. The van der Waals surface area contributed by atoms with E-state index < -0.39 is 0 Å². The molecule has 1 aliphatic carbocycles. The van der Waals surface area contributed by atoms with Crippen LogP contribution in [0.1, 0.15) is 39.0 Å². The number of ether oxygens (including phenoxy) is 1. The minimum absolute atomic E-state index is 0.180. The van der Waals surface area contributed by atoms with Gasteiger partial charge in [-0.2, -0.15) is 0 Å². The molecule has 2 aliphatic rings. The van der Waals surface area contributed by atoms with Gasteiger partial charge in [-0.15, -0.1) is 0 Å². The first kappa shape index (κ1) is 8.73. The van der Waals surface area contributed by atoms with Gasteiger partial charge in [-0.3, -0.25) is 0 Å². The molecule has 0 spiro atoms. The molecule has 1 atom stereocenters. The number of hydrogen-bond acceptors (Lipinski definition) is 3. The molecule has 13 heavy (non-hydrogen) atoms. The molecule has 1 heterocycles. The number of esters is 1. The summed E-state index contributed by atoms with van der Waals surface area (Å²) in [5.41, 5.74) is 0. The van der Waals surface area contributed by atoms with Crippen molar-refractivity contribution in [1.29, 1.82) is 0 Å². The van der Waals surface area contributed by atoms with Gasteiger partial charge in [0, 0.05) is 5.92 Å². The topological polar surface area (TPSA) is 38.7 Å². The zero-order valence-electron chi connectivity index (χ0n) is 7.95. The Hall–Kier alpha value is -0.860. The van der Waals surface area contributed by atoms with Crippen molar-refractivity contribution in [2.75, 3.05) is 0 Å². The van der Waals surface area contributed by atoms with E-state index in [1.807, 2.05) is 0 Å². The van der Waals surface area contributed by atoms with Crippen LogP contribution in [0.4, 0.5) is 0 Å². The average molecular weight is 181 g/mol. The molecule has 0 aromatic rings. The molecule has 3 nitrogen and oxygen atoms in total. The Morgan fingerprint density at radius 3 is 2.54 bits per heavy atom. The molecule has 3 heteroatoms. The summed E-state index contributed by atoms with van der Waals surface area (Å²) in [5, 5.41) is 0. The van der Waals surface area contributed by atoms with Gasteiger partial charge in [0.05, 0.1) is 0 Å². The second kappa shape index (κ2) is 3.48. The molecule has 0 saturated heterocycles. The van der Waals surface area contributed by atoms with Gasteiger partial charge in [0.15, 0.2) is 5.90 Å². The summed E-state index contributed by atoms with van der Waals surface area (Å²) in [6.45, 7) is 1.79. The third-order valence-electron chi connectivity index (χ3n) is 2.82. The number of rotatable bonds is 1. The van der Waals surface area contributed by atoms with E-state index in [-0.39, 0.29) is 12.0 Å². The van der Waals surface area contributed by atoms with E-state index in [0.29, 0.717) is 11.8 Å². The van der Waals surface area contributed by atoms with Crippen molar-refractivity contribution in [1.82, 2.24) is 0 Å². The van der Waals surface area contributed by atoms with E-state index in [1.54, 1.807) is 6.92 Å². The smallest absolute Gasteiger partial charge is 0.337 e. The lowest BCUT2D eigenvalue weighted by Gasteiger charge is -2.19. The number of carbonyl (C=O) groups excluding carboxylic acids is 1. The van der Waals surface area contributed by atoms with Crippen LogP contribution >= 0.6 is 0 Å². The Balaban J connectivity index is 2.00. The highest BCUT2D eigenvalue weighted by Gasteiger charge is 2.30. The van der Waals surface area contributed by atoms with E-state index in [9.17, 15) is 4.79 Å². The van der Waals surface area contributed by atoms with Crippen LogP contribution in [0.3, 0.4) is 0 Å². The zero-order valence-corrected chi connectivity index (χ0v) is 7.95. The fourth-order valence-corrected chi connectivity index (χ4v) is 2.00. The van der Waals surface area contributed by atoms with Crippen LogP contribution in [0.5, 0.6) is 0 Å². The quantitative estimate of drug-likeness (QED) is 0.579. The van der Waals surface area contributed by atoms with Crippen molar-refractivity contribution < 1.29 is 9.53 Å². The minimum Gasteiger partial charge on any atom is -0.410 e. The van der Waals surface area contributed by atoms with Crippen molar-refractivity contribution in [3.05, 3.63) is 0 Å². The molecule has 2 rings (SSSR count). The Labute approximate surface area is 78.2 Å². The SMILES string of the molecule is CC1N=C(C2CCCCC2)OC1=O. The molecule has 72 valence electrons. The monoisotopic (exact) mass is 181 g/mol. The predicted molar refractivity (Wildman–Crippen MR) is 49.6 cm³/mol. The Morgan fingerprint density at radius 2 is 2.00 bits per heavy atom. The second-order valence-corrected chi connectivity index (χ2v) is 3.90. The van der Waals surface area contributed by atoms with Crippen molar-refractivity contribution >= 4 is 11.9 Å². The number of aliphatic imine (C=N–C) groups is 1. The first-order chi connectivity index (χ1) is 6.27. The maximum atomic E-state index is 11.1. The average Bonchev–Trinajstić information content (AvgIpc) is 2.49. The molecule has 0 amide bonds. The van der Waals surface area contributed by atoms with Gasteiger partial charge in [-0.05, 0) is 19.8 Å². The van der Waals surface area contributed by atoms with Crippen molar-refractivity contribution in [2.24, 2.45) is 10.9 Å². The lowest BCUT2D eigenvalue weighted by Crippen LogP contribution is -2.19. The van der Waals surface area contributed by atoms with E-state index in [1.165, 1.54) is 19.3 Å². The largest absolute Gasteiger partial charge is 0.410 e. The Bertz CT molecular complexity index is 241. The van der Waals surface area contributed by atoms with Crippen molar-refractivity contribution in [2.45, 2.75) is 45.1 Å². The maximum absolute atomic E-state index is 11.1. The van der Waals surface area contributed by atoms with E-state index in [2.05, 4.69) is 4.99 Å². The Kier molecular flexibility index (Phi) is 2.34. The Morgan fingerprint density at radius 1 is 1.31 bits per heavy atom. The first-order valence-electron chi connectivity index (χ1n) is 5.07. The fourth-order valence-electron chi connectivity index (χ4n) is 2.00. The molecule has 1 unspecified atom stereocenters. The molecule has 0 radical (unpaired) electrons. The van der Waals surface area contributed by atoms with Crippen LogP contribution < -0.4 is 0 Å². The lowest BCUT2D eigenvalue weighted by molar-refractivity contribution is -0.134. The van der Waals surface area contributed by atoms with Gasteiger partial charge in [-0.1, -0.05) is 19.3 Å². The van der Waals surface area contributed by atoms with Crippen molar-refractivity contribution in [3.8, 4) is 0 Å². The lowest BCUT2D eigenvalue weighted by atomic mass is 9.89. The highest BCUT2D eigenvalue weighted by molar-refractivity contribution is 5.98. The van der Waals surface area contributed by atoms with Gasteiger partial charge in [0.25, 0.3) is 0 Å². The molecule has 1 aliphatic heterocycles. The van der Waals surface area contributed by atoms with E-state index in [0.717, 1.165) is 12.8 Å². The highest BCUT2D eigenvalue weighted by Crippen LogP contribution is 2.27. The van der Waals surface area contributed by atoms with Crippen LogP contribution in [-0.4, -0.2) is 17.9 Å². The van der Waals surface area contributed by atoms with Crippen molar-refractivity contribution in [3.63, 3.8) is 0 Å². The third kappa shape index (κ3) is 1.74. The number of carbonyl (C=O) groups is 1. The summed E-state index contributed by atoms with van der Waals surface area (Å²) < 4.78 is 5.12. The molecular weight excluding hydrogens is 166 g/mol. The van der Waals surface area contributed by atoms with Crippen LogP contribution in [0, 0.1) is 5.92 Å². The summed E-state index contributed by atoms with van der Waals surface area (Å²) in [5.74, 6) is 0.945. The number of nitrogens with zero attached hydrogens (tertiary/aromatic N) is 1. The molecule has 0 N–H and O–H groups in total. The molecular formula is C10H15NO2.